The van der Waals surface area contributed by atoms with Crippen molar-refractivity contribution in [1.82, 2.24) is 4.90 Å². The number of oxime groups is 1. The zero-order valence-corrected chi connectivity index (χ0v) is 16.1. The molecule has 2 aromatic rings. The third-order valence-electron chi connectivity index (χ3n) is 5.03. The molecule has 1 aliphatic heterocycles. The molecule has 2 aromatic carbocycles. The number of halogens is 2. The van der Waals surface area contributed by atoms with Crippen LogP contribution >= 0.6 is 0 Å². The molecule has 0 radical (unpaired) electrons. The van der Waals surface area contributed by atoms with Gasteiger partial charge in [0.05, 0.1) is 11.6 Å². The lowest BCUT2D eigenvalue weighted by Crippen LogP contribution is -2.40. The Kier molecular flexibility index (Phi) is 7.30. The van der Waals surface area contributed by atoms with Crippen LogP contribution in [0.5, 0.6) is 0 Å². The van der Waals surface area contributed by atoms with Gasteiger partial charge in [-0.1, -0.05) is 41.6 Å². The van der Waals surface area contributed by atoms with Crippen molar-refractivity contribution in [3.8, 4) is 0 Å². The van der Waals surface area contributed by atoms with Crippen LogP contribution in [0.4, 0.5) is 8.78 Å². The highest BCUT2D eigenvalue weighted by Gasteiger charge is 2.25. The van der Waals surface area contributed by atoms with Crippen LogP contribution in [-0.2, 0) is 16.1 Å². The summed E-state index contributed by atoms with van der Waals surface area (Å²) in [4.78, 5) is 18.6. The van der Waals surface area contributed by atoms with E-state index >= 15 is 0 Å². The zero-order valence-electron chi connectivity index (χ0n) is 16.1. The van der Waals surface area contributed by atoms with Crippen LogP contribution in [0.1, 0.15) is 24.0 Å². The maximum Gasteiger partial charge on any atom is 0.307 e. The summed E-state index contributed by atoms with van der Waals surface area (Å²) in [7, 11) is 0. The van der Waals surface area contributed by atoms with Gasteiger partial charge >= 0.3 is 5.97 Å². The summed E-state index contributed by atoms with van der Waals surface area (Å²) in [6, 6.07) is 12.5. The van der Waals surface area contributed by atoms with Crippen LogP contribution in [-0.4, -0.2) is 47.9 Å². The first-order chi connectivity index (χ1) is 14.0. The average Bonchev–Trinajstić information content (AvgIpc) is 2.72. The molecule has 1 N–H and O–H groups in total. The fourth-order valence-corrected chi connectivity index (χ4v) is 3.45. The van der Waals surface area contributed by atoms with Crippen LogP contribution < -0.4 is 0 Å². The molecular formula is C22H24F2N2O3. The molecule has 0 unspecified atom stereocenters. The van der Waals surface area contributed by atoms with Gasteiger partial charge in [0.2, 0.25) is 0 Å². The summed E-state index contributed by atoms with van der Waals surface area (Å²) in [5.74, 6) is -1.97. The molecule has 1 heterocycles. The van der Waals surface area contributed by atoms with E-state index in [1.165, 1.54) is 12.1 Å². The van der Waals surface area contributed by atoms with Gasteiger partial charge in [-0.3, -0.25) is 9.69 Å². The van der Waals surface area contributed by atoms with Gasteiger partial charge in [-0.05, 0) is 37.1 Å². The Hall–Kier alpha value is -2.80. The number of carboxylic acids is 1. The number of nitrogens with zero attached hydrogens (tertiary/aromatic N) is 2. The van der Waals surface area contributed by atoms with Gasteiger partial charge in [0.15, 0.2) is 0 Å². The molecule has 0 aromatic heterocycles. The third kappa shape index (κ3) is 5.84. The minimum atomic E-state index is -0.777. The van der Waals surface area contributed by atoms with Crippen molar-refractivity contribution in [2.75, 3.05) is 26.2 Å². The zero-order chi connectivity index (χ0) is 20.6. The summed E-state index contributed by atoms with van der Waals surface area (Å²) < 4.78 is 28.3. The molecule has 0 saturated carbocycles. The van der Waals surface area contributed by atoms with E-state index in [-0.39, 0.29) is 30.3 Å². The maximum atomic E-state index is 14.3. The molecule has 29 heavy (non-hydrogen) atoms. The van der Waals surface area contributed by atoms with Gasteiger partial charge in [0, 0.05) is 25.1 Å². The fraction of sp³-hybridized carbons (Fsp3) is 0.364. The molecule has 7 heteroatoms. The highest BCUT2D eigenvalue weighted by atomic mass is 19.1. The number of rotatable bonds is 8. The van der Waals surface area contributed by atoms with E-state index in [1.54, 1.807) is 36.4 Å². The fourth-order valence-electron chi connectivity index (χ4n) is 3.45. The second kappa shape index (κ2) is 10.1. The van der Waals surface area contributed by atoms with E-state index in [2.05, 4.69) is 5.16 Å². The predicted molar refractivity (Wildman–Crippen MR) is 106 cm³/mol. The van der Waals surface area contributed by atoms with Crippen LogP contribution in [0.25, 0.3) is 0 Å². The van der Waals surface area contributed by atoms with Gasteiger partial charge in [-0.25, -0.2) is 8.78 Å². The Morgan fingerprint density at radius 3 is 2.59 bits per heavy atom. The first kappa shape index (κ1) is 20.9. The Morgan fingerprint density at radius 2 is 1.86 bits per heavy atom. The predicted octanol–water partition coefficient (Wildman–Crippen LogP) is 3.72. The lowest BCUT2D eigenvalue weighted by atomic mass is 9.98. The molecule has 1 atom stereocenters. The van der Waals surface area contributed by atoms with E-state index in [4.69, 9.17) is 9.94 Å². The van der Waals surface area contributed by atoms with Crippen molar-refractivity contribution in [2.45, 2.75) is 19.3 Å². The van der Waals surface area contributed by atoms with E-state index < -0.39 is 11.8 Å². The first-order valence-electron chi connectivity index (χ1n) is 9.67. The van der Waals surface area contributed by atoms with Crippen LogP contribution in [0.15, 0.2) is 53.7 Å². The first-order valence-corrected chi connectivity index (χ1v) is 9.67. The number of piperidine rings is 1. The number of likely N-dealkylation sites (tertiary alicyclic amines) is 1. The molecule has 5 nitrogen and oxygen atoms in total. The lowest BCUT2D eigenvalue weighted by Gasteiger charge is -2.29. The van der Waals surface area contributed by atoms with Crippen molar-refractivity contribution < 1.29 is 23.5 Å². The third-order valence-corrected chi connectivity index (χ3v) is 5.03. The summed E-state index contributed by atoms with van der Waals surface area (Å²) >= 11 is 0. The standard InChI is InChI=1S/C22H24F2N2O3/c23-19-9-3-1-6-16(19)14-21(18-8-2-4-10-20(18)24)25-29-13-12-26-11-5-7-17(15-26)22(27)28/h1-4,6,8-10,17H,5,7,11-15H2,(H,27,28)/b25-21-/t17-/m1/s1. The summed E-state index contributed by atoms with van der Waals surface area (Å²) in [5.41, 5.74) is 0.966. The molecule has 1 saturated heterocycles. The summed E-state index contributed by atoms with van der Waals surface area (Å²) in [6.45, 7) is 2.06. The van der Waals surface area contributed by atoms with Gasteiger partial charge in [-0.15, -0.1) is 0 Å². The molecule has 1 aliphatic rings. The summed E-state index contributed by atoms with van der Waals surface area (Å²) in [5, 5.41) is 13.3. The Labute approximate surface area is 168 Å². The van der Waals surface area contributed by atoms with E-state index in [0.717, 1.165) is 13.0 Å². The topological polar surface area (TPSA) is 62.1 Å². The Morgan fingerprint density at radius 1 is 1.14 bits per heavy atom. The quantitative estimate of drug-likeness (QED) is 0.415. The van der Waals surface area contributed by atoms with E-state index in [0.29, 0.717) is 30.8 Å². The Balaban J connectivity index is 1.66. The van der Waals surface area contributed by atoms with Gasteiger partial charge < -0.3 is 9.94 Å². The number of aliphatic carboxylic acids is 1. The highest BCUT2D eigenvalue weighted by Crippen LogP contribution is 2.17. The number of hydrogen-bond donors (Lipinski definition) is 1. The second-order valence-corrected chi connectivity index (χ2v) is 7.10. The maximum absolute atomic E-state index is 14.3. The number of carboxylic acid groups (broad SMARTS) is 1. The van der Waals surface area contributed by atoms with Crippen LogP contribution in [0, 0.1) is 17.6 Å². The average molecular weight is 402 g/mol. The van der Waals surface area contributed by atoms with Gasteiger partial charge in [0.1, 0.15) is 18.2 Å². The van der Waals surface area contributed by atoms with Gasteiger partial charge in [0.25, 0.3) is 0 Å². The van der Waals surface area contributed by atoms with Gasteiger partial charge in [-0.2, -0.15) is 0 Å². The van der Waals surface area contributed by atoms with Crippen LogP contribution in [0.3, 0.4) is 0 Å². The normalized spacial score (nSPS) is 17.9. The minimum Gasteiger partial charge on any atom is -0.481 e. The monoisotopic (exact) mass is 402 g/mol. The molecule has 3 rings (SSSR count). The highest BCUT2D eigenvalue weighted by molar-refractivity contribution is 6.01. The smallest absolute Gasteiger partial charge is 0.307 e. The van der Waals surface area contributed by atoms with Crippen molar-refractivity contribution in [1.29, 1.82) is 0 Å². The summed E-state index contributed by atoms with van der Waals surface area (Å²) in [6.07, 6.45) is 1.61. The molecule has 0 amide bonds. The van der Waals surface area contributed by atoms with E-state index in [1.807, 2.05) is 4.90 Å². The van der Waals surface area contributed by atoms with Crippen LogP contribution in [0.2, 0.25) is 0 Å². The van der Waals surface area contributed by atoms with Crippen molar-refractivity contribution in [2.24, 2.45) is 11.1 Å². The lowest BCUT2D eigenvalue weighted by molar-refractivity contribution is -0.143. The molecule has 0 spiro atoms. The SMILES string of the molecule is O=C(O)[C@@H]1CCCN(CCO/N=C(/Cc2ccccc2F)c2ccccc2F)C1. The molecule has 0 aliphatic carbocycles. The molecular weight excluding hydrogens is 378 g/mol. The number of benzene rings is 2. The van der Waals surface area contributed by atoms with Crippen molar-refractivity contribution in [3.05, 3.63) is 71.3 Å². The molecule has 1 fully saturated rings. The molecule has 154 valence electrons. The number of carbonyl (C=O) groups is 1. The number of hydrogen-bond acceptors (Lipinski definition) is 4. The largest absolute Gasteiger partial charge is 0.481 e. The second-order valence-electron chi connectivity index (χ2n) is 7.10. The Bertz CT molecular complexity index is 873. The minimum absolute atomic E-state index is 0.0956. The van der Waals surface area contributed by atoms with Crippen molar-refractivity contribution >= 4 is 11.7 Å². The van der Waals surface area contributed by atoms with E-state index in [9.17, 15) is 13.6 Å². The molecule has 0 bridgehead atoms. The van der Waals surface area contributed by atoms with Crippen molar-refractivity contribution in [3.63, 3.8) is 0 Å².